The van der Waals surface area contributed by atoms with Gasteiger partial charge in [-0.1, -0.05) is 36.9 Å². The molecule has 2 rings (SSSR count). The number of aliphatic hydroxyl groups excluding tert-OH is 1. The summed E-state index contributed by atoms with van der Waals surface area (Å²) in [5.41, 5.74) is 0.371. The topological polar surface area (TPSA) is 58.6 Å². The van der Waals surface area contributed by atoms with Crippen molar-refractivity contribution in [2.75, 3.05) is 13.2 Å². The van der Waals surface area contributed by atoms with Crippen LogP contribution in [-0.2, 0) is 9.53 Å². The van der Waals surface area contributed by atoms with Gasteiger partial charge in [0.15, 0.2) is 0 Å². The predicted molar refractivity (Wildman–Crippen MR) is 82.2 cm³/mol. The van der Waals surface area contributed by atoms with Gasteiger partial charge in [-0.3, -0.25) is 4.79 Å². The molecule has 22 heavy (non-hydrogen) atoms. The number of benzene rings is 1. The van der Waals surface area contributed by atoms with Crippen LogP contribution >= 0.6 is 11.6 Å². The molecule has 1 aliphatic rings. The maximum atomic E-state index is 13.3. The van der Waals surface area contributed by atoms with E-state index in [-0.39, 0.29) is 30.2 Å². The summed E-state index contributed by atoms with van der Waals surface area (Å²) in [6, 6.07) is 4.07. The minimum atomic E-state index is -0.981. The Balaban J connectivity index is 1.71. The Morgan fingerprint density at radius 2 is 2.14 bits per heavy atom. The van der Waals surface area contributed by atoms with E-state index in [4.69, 9.17) is 16.3 Å². The molecule has 1 amide bonds. The predicted octanol–water partition coefficient (Wildman–Crippen LogP) is 2.98. The Labute approximate surface area is 134 Å². The van der Waals surface area contributed by atoms with Gasteiger partial charge < -0.3 is 15.2 Å². The lowest BCUT2D eigenvalue weighted by molar-refractivity contribution is -0.128. The van der Waals surface area contributed by atoms with E-state index in [1.54, 1.807) is 0 Å². The normalized spacial score (nSPS) is 17.2. The summed E-state index contributed by atoms with van der Waals surface area (Å²) in [6.07, 6.45) is 4.70. The van der Waals surface area contributed by atoms with Gasteiger partial charge in [-0.2, -0.15) is 0 Å². The van der Waals surface area contributed by atoms with Crippen LogP contribution in [0.3, 0.4) is 0 Å². The van der Waals surface area contributed by atoms with Crippen LogP contribution < -0.4 is 5.32 Å². The second kappa shape index (κ2) is 8.46. The van der Waals surface area contributed by atoms with Gasteiger partial charge in [0.05, 0.1) is 17.2 Å². The second-order valence-corrected chi connectivity index (χ2v) is 5.97. The number of amides is 1. The number of nitrogens with one attached hydrogen (secondary N) is 1. The van der Waals surface area contributed by atoms with Crippen molar-refractivity contribution in [2.45, 2.75) is 44.3 Å². The van der Waals surface area contributed by atoms with Crippen LogP contribution in [0.1, 0.15) is 43.8 Å². The molecule has 1 aromatic carbocycles. The Hall–Kier alpha value is -1.17. The molecule has 1 aliphatic carbocycles. The number of halogens is 2. The number of hydrogen-bond donors (Lipinski definition) is 2. The molecule has 0 spiro atoms. The van der Waals surface area contributed by atoms with E-state index in [0.29, 0.717) is 5.56 Å². The summed E-state index contributed by atoms with van der Waals surface area (Å²) in [7, 11) is 0. The molecular formula is C16H21ClFNO3. The largest absolute Gasteiger partial charge is 0.387 e. The van der Waals surface area contributed by atoms with Gasteiger partial charge in [-0.25, -0.2) is 4.39 Å². The van der Waals surface area contributed by atoms with Crippen LogP contribution in [-0.4, -0.2) is 30.3 Å². The number of rotatable bonds is 6. The highest BCUT2D eigenvalue weighted by Gasteiger charge is 2.16. The molecule has 0 aromatic heterocycles. The van der Waals surface area contributed by atoms with E-state index in [1.165, 1.54) is 18.6 Å². The lowest BCUT2D eigenvalue weighted by Gasteiger charge is -2.21. The third kappa shape index (κ3) is 5.23. The Kier molecular flexibility index (Phi) is 6.61. The van der Waals surface area contributed by atoms with Gasteiger partial charge in [-0.05, 0) is 30.5 Å². The van der Waals surface area contributed by atoms with Crippen molar-refractivity contribution >= 4 is 17.5 Å². The number of carbonyl (C=O) groups is 1. The zero-order valence-corrected chi connectivity index (χ0v) is 13.1. The molecule has 6 heteroatoms. The van der Waals surface area contributed by atoms with E-state index in [0.717, 1.165) is 31.7 Å². The SMILES string of the molecule is O=C(COC1CCCCC1)NCC(O)c1ccc(Cl)c(F)c1. The summed E-state index contributed by atoms with van der Waals surface area (Å²) in [5.74, 6) is -0.871. The van der Waals surface area contributed by atoms with Gasteiger partial charge in [-0.15, -0.1) is 0 Å². The second-order valence-electron chi connectivity index (χ2n) is 5.56. The van der Waals surface area contributed by atoms with Gasteiger partial charge in [0, 0.05) is 6.54 Å². The number of carbonyl (C=O) groups excluding carboxylic acids is 1. The standard InChI is InChI=1S/C16H21ClFNO3/c17-13-7-6-11(8-14(13)18)15(20)9-19-16(21)10-22-12-4-2-1-3-5-12/h6-8,12,15,20H,1-5,9-10H2,(H,19,21). The molecule has 1 fully saturated rings. The van der Waals surface area contributed by atoms with Crippen LogP contribution in [0.2, 0.25) is 5.02 Å². The molecule has 2 N–H and O–H groups in total. The van der Waals surface area contributed by atoms with Gasteiger partial charge >= 0.3 is 0 Å². The van der Waals surface area contributed by atoms with Crippen LogP contribution in [0.15, 0.2) is 18.2 Å². The van der Waals surface area contributed by atoms with Crippen molar-refractivity contribution in [3.63, 3.8) is 0 Å². The quantitative estimate of drug-likeness (QED) is 0.843. The average molecular weight is 330 g/mol. The highest BCUT2D eigenvalue weighted by atomic mass is 35.5. The van der Waals surface area contributed by atoms with Crippen LogP contribution in [0.4, 0.5) is 4.39 Å². The molecule has 0 saturated heterocycles. The third-order valence-corrected chi connectivity index (χ3v) is 4.13. The third-order valence-electron chi connectivity index (χ3n) is 3.82. The van der Waals surface area contributed by atoms with Crippen molar-refractivity contribution < 1.29 is 19.0 Å². The van der Waals surface area contributed by atoms with Crippen LogP contribution in [0.25, 0.3) is 0 Å². The minimum absolute atomic E-state index is 0.000803. The molecule has 0 aliphatic heterocycles. The summed E-state index contributed by atoms with van der Waals surface area (Å²) in [5, 5.41) is 12.5. The lowest BCUT2D eigenvalue weighted by atomic mass is 9.98. The van der Waals surface area contributed by atoms with Gasteiger partial charge in [0.1, 0.15) is 12.4 Å². The molecule has 1 aromatic rings. The Morgan fingerprint density at radius 3 is 2.82 bits per heavy atom. The van der Waals surface area contributed by atoms with Crippen molar-refractivity contribution in [3.8, 4) is 0 Å². The summed E-state index contributed by atoms with van der Waals surface area (Å²) >= 11 is 5.58. The Morgan fingerprint density at radius 1 is 1.41 bits per heavy atom. The molecule has 122 valence electrons. The first-order valence-electron chi connectivity index (χ1n) is 7.57. The summed E-state index contributed by atoms with van der Waals surface area (Å²) < 4.78 is 18.9. The fraction of sp³-hybridized carbons (Fsp3) is 0.562. The zero-order chi connectivity index (χ0) is 15.9. The molecule has 1 unspecified atom stereocenters. The Bertz CT molecular complexity index is 506. The van der Waals surface area contributed by atoms with E-state index < -0.39 is 11.9 Å². The fourth-order valence-corrected chi connectivity index (χ4v) is 2.64. The van der Waals surface area contributed by atoms with E-state index in [1.807, 2.05) is 0 Å². The van der Waals surface area contributed by atoms with Crippen LogP contribution in [0.5, 0.6) is 0 Å². The lowest BCUT2D eigenvalue weighted by Crippen LogP contribution is -2.33. The van der Waals surface area contributed by atoms with Crippen LogP contribution in [0, 0.1) is 5.82 Å². The van der Waals surface area contributed by atoms with Crippen molar-refractivity contribution in [3.05, 3.63) is 34.6 Å². The molecule has 1 atom stereocenters. The molecule has 4 nitrogen and oxygen atoms in total. The number of ether oxygens (including phenoxy) is 1. The van der Waals surface area contributed by atoms with Crippen molar-refractivity contribution in [2.24, 2.45) is 0 Å². The minimum Gasteiger partial charge on any atom is -0.387 e. The summed E-state index contributed by atoms with van der Waals surface area (Å²) in [4.78, 5) is 11.7. The first-order valence-corrected chi connectivity index (χ1v) is 7.95. The number of hydrogen-bond acceptors (Lipinski definition) is 3. The van der Waals surface area contributed by atoms with E-state index in [9.17, 15) is 14.3 Å². The van der Waals surface area contributed by atoms with Gasteiger partial charge in [0.25, 0.3) is 0 Å². The smallest absolute Gasteiger partial charge is 0.246 e. The highest BCUT2D eigenvalue weighted by molar-refractivity contribution is 6.30. The molecule has 0 heterocycles. The first kappa shape index (κ1) is 17.2. The average Bonchev–Trinajstić information content (AvgIpc) is 2.54. The maximum Gasteiger partial charge on any atom is 0.246 e. The maximum absolute atomic E-state index is 13.3. The van der Waals surface area contributed by atoms with Gasteiger partial charge in [0.2, 0.25) is 5.91 Å². The monoisotopic (exact) mass is 329 g/mol. The van der Waals surface area contributed by atoms with Crippen molar-refractivity contribution in [1.82, 2.24) is 5.32 Å². The molecule has 0 bridgehead atoms. The molecular weight excluding hydrogens is 309 g/mol. The fourth-order valence-electron chi connectivity index (χ4n) is 2.52. The highest BCUT2D eigenvalue weighted by Crippen LogP contribution is 2.21. The molecule has 1 saturated carbocycles. The zero-order valence-electron chi connectivity index (χ0n) is 12.4. The first-order chi connectivity index (χ1) is 10.6. The number of aliphatic hydroxyl groups is 1. The summed E-state index contributed by atoms with van der Waals surface area (Å²) in [6.45, 7) is 0.000296. The van der Waals surface area contributed by atoms with E-state index in [2.05, 4.69) is 5.32 Å². The van der Waals surface area contributed by atoms with Crippen molar-refractivity contribution in [1.29, 1.82) is 0 Å². The molecule has 0 radical (unpaired) electrons. The van der Waals surface area contributed by atoms with E-state index >= 15 is 0 Å².